The molecule has 0 radical (unpaired) electrons. The van der Waals surface area contributed by atoms with Gasteiger partial charge in [0.25, 0.3) is 0 Å². The summed E-state index contributed by atoms with van der Waals surface area (Å²) in [7, 11) is 0. The van der Waals surface area contributed by atoms with E-state index in [4.69, 9.17) is 16.3 Å². The van der Waals surface area contributed by atoms with Crippen molar-refractivity contribution >= 4 is 11.6 Å². The lowest BCUT2D eigenvalue weighted by molar-refractivity contribution is 0.181. The van der Waals surface area contributed by atoms with E-state index in [0.717, 1.165) is 38.2 Å². The molecule has 1 saturated heterocycles. The van der Waals surface area contributed by atoms with E-state index in [1.165, 1.54) is 6.07 Å². The predicted octanol–water partition coefficient (Wildman–Crippen LogP) is 3.43. The molecule has 1 heterocycles. The first-order valence-corrected chi connectivity index (χ1v) is 7.32. The van der Waals surface area contributed by atoms with Gasteiger partial charge in [-0.05, 0) is 49.4 Å². The Bertz CT molecular complexity index is 407. The van der Waals surface area contributed by atoms with Crippen molar-refractivity contribution < 1.29 is 9.13 Å². The van der Waals surface area contributed by atoms with Crippen LogP contribution in [0.2, 0.25) is 5.02 Å². The van der Waals surface area contributed by atoms with Crippen LogP contribution in [0, 0.1) is 11.7 Å². The molecule has 2 nitrogen and oxygen atoms in total. The Hall–Kier alpha value is -0.640. The molecule has 1 aliphatic heterocycles. The summed E-state index contributed by atoms with van der Waals surface area (Å²) in [6, 6.07) is 5.22. The summed E-state index contributed by atoms with van der Waals surface area (Å²) in [5.74, 6) is 0.387. The standard InChI is InChI=1S/C15H21ClFNO/c1-2-18-14(7-11-5-6-19-10-11)8-12-3-4-13(16)9-15(12)17/h3-4,9,11,14,18H,2,5-8,10H2,1H3. The van der Waals surface area contributed by atoms with E-state index in [0.29, 0.717) is 23.4 Å². The van der Waals surface area contributed by atoms with E-state index in [2.05, 4.69) is 12.2 Å². The van der Waals surface area contributed by atoms with Crippen molar-refractivity contribution in [1.29, 1.82) is 0 Å². The van der Waals surface area contributed by atoms with E-state index < -0.39 is 0 Å². The van der Waals surface area contributed by atoms with E-state index in [9.17, 15) is 4.39 Å². The third-order valence-corrected chi connectivity index (χ3v) is 3.85. The first-order valence-electron chi connectivity index (χ1n) is 6.94. The minimum absolute atomic E-state index is 0.210. The Labute approximate surface area is 119 Å². The lowest BCUT2D eigenvalue weighted by atomic mass is 9.94. The first kappa shape index (κ1) is 14.8. The van der Waals surface area contributed by atoms with Crippen LogP contribution in [-0.2, 0) is 11.2 Å². The second-order valence-electron chi connectivity index (χ2n) is 5.16. The molecule has 2 atom stereocenters. The number of hydrogen-bond donors (Lipinski definition) is 1. The monoisotopic (exact) mass is 285 g/mol. The quantitative estimate of drug-likeness (QED) is 0.865. The molecule has 0 spiro atoms. The average molecular weight is 286 g/mol. The van der Waals surface area contributed by atoms with Gasteiger partial charge in [0.1, 0.15) is 5.82 Å². The zero-order valence-corrected chi connectivity index (χ0v) is 12.0. The zero-order chi connectivity index (χ0) is 13.7. The molecule has 2 unspecified atom stereocenters. The molecular weight excluding hydrogens is 265 g/mol. The Morgan fingerprint density at radius 2 is 2.37 bits per heavy atom. The number of halogens is 2. The maximum absolute atomic E-state index is 13.8. The molecule has 1 fully saturated rings. The number of ether oxygens (including phenoxy) is 1. The van der Waals surface area contributed by atoms with Gasteiger partial charge < -0.3 is 10.1 Å². The summed E-state index contributed by atoms with van der Waals surface area (Å²) in [4.78, 5) is 0. The predicted molar refractivity (Wildman–Crippen MR) is 76.1 cm³/mol. The van der Waals surface area contributed by atoms with Crippen molar-refractivity contribution in [1.82, 2.24) is 5.32 Å². The molecule has 0 amide bonds. The van der Waals surface area contributed by atoms with Crippen LogP contribution in [0.5, 0.6) is 0 Å². The summed E-state index contributed by atoms with van der Waals surface area (Å²) in [5, 5.41) is 3.89. The van der Waals surface area contributed by atoms with Gasteiger partial charge in [0.15, 0.2) is 0 Å². The van der Waals surface area contributed by atoms with Crippen LogP contribution in [0.1, 0.15) is 25.3 Å². The number of hydrogen-bond acceptors (Lipinski definition) is 2. The highest BCUT2D eigenvalue weighted by molar-refractivity contribution is 6.30. The fourth-order valence-corrected chi connectivity index (χ4v) is 2.81. The van der Waals surface area contributed by atoms with Crippen molar-refractivity contribution in [2.75, 3.05) is 19.8 Å². The molecule has 1 aliphatic rings. The maximum Gasteiger partial charge on any atom is 0.127 e. The van der Waals surface area contributed by atoms with Crippen LogP contribution in [0.15, 0.2) is 18.2 Å². The van der Waals surface area contributed by atoms with Crippen molar-refractivity contribution in [2.24, 2.45) is 5.92 Å². The number of rotatable bonds is 6. The number of nitrogens with one attached hydrogen (secondary N) is 1. The maximum atomic E-state index is 13.8. The van der Waals surface area contributed by atoms with Gasteiger partial charge in [-0.15, -0.1) is 0 Å². The topological polar surface area (TPSA) is 21.3 Å². The molecule has 0 aliphatic carbocycles. The van der Waals surface area contributed by atoms with Crippen LogP contribution in [-0.4, -0.2) is 25.8 Å². The summed E-state index contributed by atoms with van der Waals surface area (Å²) in [5.41, 5.74) is 0.731. The summed E-state index contributed by atoms with van der Waals surface area (Å²) >= 11 is 5.78. The highest BCUT2D eigenvalue weighted by Crippen LogP contribution is 2.22. The molecular formula is C15H21ClFNO. The van der Waals surface area contributed by atoms with Crippen molar-refractivity contribution in [3.8, 4) is 0 Å². The lowest BCUT2D eigenvalue weighted by Crippen LogP contribution is -2.33. The third kappa shape index (κ3) is 4.44. The van der Waals surface area contributed by atoms with E-state index in [-0.39, 0.29) is 5.82 Å². The second-order valence-corrected chi connectivity index (χ2v) is 5.60. The number of benzene rings is 1. The molecule has 1 aromatic carbocycles. The van der Waals surface area contributed by atoms with Gasteiger partial charge in [0, 0.05) is 24.3 Å². The normalized spacial score (nSPS) is 20.7. The van der Waals surface area contributed by atoms with Crippen LogP contribution in [0.25, 0.3) is 0 Å². The van der Waals surface area contributed by atoms with Crippen molar-refractivity contribution in [2.45, 2.75) is 32.2 Å². The SMILES string of the molecule is CCNC(Cc1ccc(Cl)cc1F)CC1CCOC1. The van der Waals surface area contributed by atoms with Crippen molar-refractivity contribution in [3.05, 3.63) is 34.6 Å². The third-order valence-electron chi connectivity index (χ3n) is 3.62. The molecule has 106 valence electrons. The second kappa shape index (κ2) is 7.22. The van der Waals surface area contributed by atoms with E-state index in [1.807, 2.05) is 0 Å². The number of likely N-dealkylation sites (N-methyl/N-ethyl adjacent to an activating group) is 1. The average Bonchev–Trinajstić information content (AvgIpc) is 2.86. The van der Waals surface area contributed by atoms with Gasteiger partial charge in [0.2, 0.25) is 0 Å². The van der Waals surface area contributed by atoms with E-state index in [1.54, 1.807) is 12.1 Å². The summed E-state index contributed by atoms with van der Waals surface area (Å²) in [6.45, 7) is 4.67. The Morgan fingerprint density at radius 3 is 3.00 bits per heavy atom. The highest BCUT2D eigenvalue weighted by Gasteiger charge is 2.21. The minimum Gasteiger partial charge on any atom is -0.381 e. The molecule has 1 N–H and O–H groups in total. The molecule has 19 heavy (non-hydrogen) atoms. The summed E-state index contributed by atoms with van der Waals surface area (Å²) in [6.07, 6.45) is 2.86. The van der Waals surface area contributed by atoms with Crippen LogP contribution in [0.3, 0.4) is 0 Å². The van der Waals surface area contributed by atoms with Crippen LogP contribution >= 0.6 is 11.6 Å². The largest absolute Gasteiger partial charge is 0.381 e. The molecule has 1 aromatic rings. The zero-order valence-electron chi connectivity index (χ0n) is 11.3. The van der Waals surface area contributed by atoms with Gasteiger partial charge in [-0.1, -0.05) is 24.6 Å². The smallest absolute Gasteiger partial charge is 0.127 e. The van der Waals surface area contributed by atoms with Gasteiger partial charge in [-0.3, -0.25) is 0 Å². The van der Waals surface area contributed by atoms with Crippen molar-refractivity contribution in [3.63, 3.8) is 0 Å². The Morgan fingerprint density at radius 1 is 1.53 bits per heavy atom. The Kier molecular flexibility index (Phi) is 5.61. The molecule has 0 saturated carbocycles. The van der Waals surface area contributed by atoms with Gasteiger partial charge in [0.05, 0.1) is 0 Å². The van der Waals surface area contributed by atoms with Gasteiger partial charge in [-0.2, -0.15) is 0 Å². The summed E-state index contributed by atoms with van der Waals surface area (Å²) < 4.78 is 19.2. The van der Waals surface area contributed by atoms with Gasteiger partial charge in [-0.25, -0.2) is 4.39 Å². The first-order chi connectivity index (χ1) is 9.19. The fraction of sp³-hybridized carbons (Fsp3) is 0.600. The minimum atomic E-state index is -0.210. The van der Waals surface area contributed by atoms with E-state index >= 15 is 0 Å². The molecule has 2 rings (SSSR count). The van der Waals surface area contributed by atoms with Crippen LogP contribution < -0.4 is 5.32 Å². The highest BCUT2D eigenvalue weighted by atomic mass is 35.5. The lowest BCUT2D eigenvalue weighted by Gasteiger charge is -2.21. The fourth-order valence-electron chi connectivity index (χ4n) is 2.65. The van der Waals surface area contributed by atoms with Gasteiger partial charge >= 0.3 is 0 Å². The molecule has 4 heteroatoms. The van der Waals surface area contributed by atoms with Crippen LogP contribution in [0.4, 0.5) is 4.39 Å². The molecule has 0 aromatic heterocycles. The Balaban J connectivity index is 1.98. The molecule has 0 bridgehead atoms.